The van der Waals surface area contributed by atoms with E-state index < -0.39 is 0 Å². The van der Waals surface area contributed by atoms with E-state index in [1.54, 1.807) is 18.0 Å². The summed E-state index contributed by atoms with van der Waals surface area (Å²) in [6.45, 7) is 6.16. The third-order valence-electron chi connectivity index (χ3n) is 6.47. The Morgan fingerprint density at radius 1 is 0.806 bits per heavy atom. The van der Waals surface area contributed by atoms with Crippen LogP contribution in [0.2, 0.25) is 0 Å². The Bertz CT molecular complexity index is 1260. The highest BCUT2D eigenvalue weighted by atomic mass is 16.5. The normalized spacial score (nSPS) is 14.5. The smallest absolute Gasteiger partial charge is 0.280 e. The lowest BCUT2D eigenvalue weighted by Gasteiger charge is -2.34. The molecular formula is C29H31N5O2. The monoisotopic (exact) mass is 481 g/mol. The van der Waals surface area contributed by atoms with Gasteiger partial charge in [0, 0.05) is 45.0 Å². The number of amides is 1. The number of methoxy groups -OCH3 is 1. The van der Waals surface area contributed by atoms with Crippen LogP contribution in [0.1, 0.15) is 21.6 Å². The molecule has 0 saturated carbocycles. The topological polar surface area (TPSA) is 62.6 Å². The Morgan fingerprint density at radius 3 is 1.94 bits per heavy atom. The molecule has 36 heavy (non-hydrogen) atoms. The van der Waals surface area contributed by atoms with Crippen LogP contribution in [0.15, 0.2) is 91.1 Å². The molecule has 7 heteroatoms. The van der Waals surface area contributed by atoms with Gasteiger partial charge < -0.3 is 10.1 Å². The standard InChI is InChI=1S/C29H31N5O2/c1-36-27-22-34(26-10-6-3-7-11-26)31-28(27)29(35)30-25-14-12-24(13-15-25)21-33-18-16-32(17-19-33)20-23-8-4-2-5-9-23/h2-15,22H,16-21H2,1H3,(H,30,35). The summed E-state index contributed by atoms with van der Waals surface area (Å²) in [5.74, 6) is 0.128. The van der Waals surface area contributed by atoms with Crippen LogP contribution in [0.25, 0.3) is 5.69 Å². The molecule has 0 bridgehead atoms. The van der Waals surface area contributed by atoms with Gasteiger partial charge in [-0.05, 0) is 35.4 Å². The molecule has 2 heterocycles. The molecule has 7 nitrogen and oxygen atoms in total. The molecule has 5 rings (SSSR count). The van der Waals surface area contributed by atoms with Gasteiger partial charge in [0.05, 0.1) is 19.0 Å². The zero-order chi connectivity index (χ0) is 24.7. The van der Waals surface area contributed by atoms with E-state index >= 15 is 0 Å². The minimum atomic E-state index is -0.302. The van der Waals surface area contributed by atoms with Gasteiger partial charge in [-0.1, -0.05) is 60.7 Å². The van der Waals surface area contributed by atoms with E-state index in [2.05, 4.69) is 62.7 Å². The van der Waals surface area contributed by atoms with E-state index in [0.29, 0.717) is 5.75 Å². The van der Waals surface area contributed by atoms with Gasteiger partial charge in [0.1, 0.15) is 0 Å². The molecule has 184 valence electrons. The summed E-state index contributed by atoms with van der Waals surface area (Å²) in [5, 5.41) is 7.39. The van der Waals surface area contributed by atoms with E-state index in [1.807, 2.05) is 42.5 Å². The van der Waals surface area contributed by atoms with Crippen LogP contribution in [0, 0.1) is 0 Å². The Balaban J connectivity index is 1.15. The summed E-state index contributed by atoms with van der Waals surface area (Å²) in [6, 6.07) is 28.3. The quantitative estimate of drug-likeness (QED) is 0.403. The maximum Gasteiger partial charge on any atom is 0.280 e. The number of benzene rings is 3. The maximum absolute atomic E-state index is 12.9. The number of ether oxygens (including phenoxy) is 1. The summed E-state index contributed by atoms with van der Waals surface area (Å²) in [7, 11) is 1.54. The minimum absolute atomic E-state index is 0.249. The van der Waals surface area contributed by atoms with E-state index in [-0.39, 0.29) is 11.6 Å². The molecule has 0 radical (unpaired) electrons. The second-order valence-electron chi connectivity index (χ2n) is 9.02. The summed E-state index contributed by atoms with van der Waals surface area (Å²) >= 11 is 0. The van der Waals surface area contributed by atoms with Crippen molar-refractivity contribution in [3.05, 3.63) is 108 Å². The Morgan fingerprint density at radius 2 is 1.36 bits per heavy atom. The highest BCUT2D eigenvalue weighted by Crippen LogP contribution is 2.21. The number of para-hydroxylation sites is 1. The van der Waals surface area contributed by atoms with Crippen LogP contribution < -0.4 is 10.1 Å². The molecular weight excluding hydrogens is 450 g/mol. The Kier molecular flexibility index (Phi) is 7.40. The number of nitrogens with one attached hydrogen (secondary N) is 1. The molecule has 1 amide bonds. The van der Waals surface area contributed by atoms with Crippen LogP contribution in [-0.2, 0) is 13.1 Å². The fourth-order valence-electron chi connectivity index (χ4n) is 4.47. The number of aromatic nitrogens is 2. The number of rotatable bonds is 8. The summed E-state index contributed by atoms with van der Waals surface area (Å²) in [5.41, 5.74) is 4.44. The number of hydrogen-bond acceptors (Lipinski definition) is 5. The molecule has 1 N–H and O–H groups in total. The predicted octanol–water partition coefficient (Wildman–Crippen LogP) is 4.45. The van der Waals surface area contributed by atoms with Gasteiger partial charge in [-0.2, -0.15) is 5.10 Å². The molecule has 0 spiro atoms. The molecule has 1 aromatic heterocycles. The first kappa shape index (κ1) is 23.8. The van der Waals surface area contributed by atoms with Gasteiger partial charge in [0.15, 0.2) is 11.4 Å². The molecule has 1 aliphatic rings. The third-order valence-corrected chi connectivity index (χ3v) is 6.47. The lowest BCUT2D eigenvalue weighted by atomic mass is 10.1. The second-order valence-corrected chi connectivity index (χ2v) is 9.02. The van der Waals surface area contributed by atoms with Crippen molar-refractivity contribution in [2.24, 2.45) is 0 Å². The van der Waals surface area contributed by atoms with Crippen LogP contribution in [0.5, 0.6) is 5.75 Å². The summed E-state index contributed by atoms with van der Waals surface area (Å²) in [6.07, 6.45) is 1.72. The molecule has 3 aromatic carbocycles. The zero-order valence-corrected chi connectivity index (χ0v) is 20.5. The Hall–Kier alpha value is -3.94. The van der Waals surface area contributed by atoms with Gasteiger partial charge in [-0.3, -0.25) is 14.6 Å². The molecule has 4 aromatic rings. The average Bonchev–Trinajstić information content (AvgIpc) is 3.37. The van der Waals surface area contributed by atoms with Gasteiger partial charge >= 0.3 is 0 Å². The largest absolute Gasteiger partial charge is 0.493 e. The first-order valence-corrected chi connectivity index (χ1v) is 12.3. The van der Waals surface area contributed by atoms with Crippen molar-refractivity contribution < 1.29 is 9.53 Å². The van der Waals surface area contributed by atoms with Crippen LogP contribution >= 0.6 is 0 Å². The van der Waals surface area contributed by atoms with E-state index in [4.69, 9.17) is 4.74 Å². The molecule has 1 saturated heterocycles. The van der Waals surface area contributed by atoms with Gasteiger partial charge in [0.2, 0.25) is 0 Å². The number of carbonyl (C=O) groups is 1. The van der Waals surface area contributed by atoms with Gasteiger partial charge in [-0.25, -0.2) is 4.68 Å². The molecule has 1 aliphatic heterocycles. The van der Waals surface area contributed by atoms with Gasteiger partial charge in [-0.15, -0.1) is 0 Å². The molecule has 0 unspecified atom stereocenters. The highest BCUT2D eigenvalue weighted by Gasteiger charge is 2.19. The second kappa shape index (κ2) is 11.2. The highest BCUT2D eigenvalue weighted by molar-refractivity contribution is 6.04. The predicted molar refractivity (Wildman–Crippen MR) is 142 cm³/mol. The number of hydrogen-bond donors (Lipinski definition) is 1. The summed E-state index contributed by atoms with van der Waals surface area (Å²) < 4.78 is 7.05. The van der Waals surface area contributed by atoms with E-state index in [9.17, 15) is 4.79 Å². The Labute approximate surface area is 211 Å². The van der Waals surface area contributed by atoms with Crippen molar-refractivity contribution in [3.8, 4) is 11.4 Å². The van der Waals surface area contributed by atoms with Crippen LogP contribution in [-0.4, -0.2) is 58.8 Å². The SMILES string of the molecule is COc1cn(-c2ccccc2)nc1C(=O)Nc1ccc(CN2CCN(Cc3ccccc3)CC2)cc1. The van der Waals surface area contributed by atoms with Crippen molar-refractivity contribution in [1.29, 1.82) is 0 Å². The summed E-state index contributed by atoms with van der Waals surface area (Å²) in [4.78, 5) is 17.9. The van der Waals surface area contributed by atoms with Crippen LogP contribution in [0.3, 0.4) is 0 Å². The van der Waals surface area contributed by atoms with E-state index in [0.717, 1.165) is 50.6 Å². The van der Waals surface area contributed by atoms with E-state index in [1.165, 1.54) is 11.1 Å². The van der Waals surface area contributed by atoms with Crippen molar-refractivity contribution >= 4 is 11.6 Å². The number of piperazine rings is 1. The van der Waals surface area contributed by atoms with Crippen molar-refractivity contribution in [1.82, 2.24) is 19.6 Å². The van der Waals surface area contributed by atoms with Gasteiger partial charge in [0.25, 0.3) is 5.91 Å². The zero-order valence-electron chi connectivity index (χ0n) is 20.5. The fraction of sp³-hybridized carbons (Fsp3) is 0.241. The van der Waals surface area contributed by atoms with Crippen molar-refractivity contribution in [2.45, 2.75) is 13.1 Å². The first-order chi connectivity index (χ1) is 17.7. The lowest BCUT2D eigenvalue weighted by Crippen LogP contribution is -2.45. The maximum atomic E-state index is 12.9. The van der Waals surface area contributed by atoms with Crippen LogP contribution in [0.4, 0.5) is 5.69 Å². The molecule has 0 aliphatic carbocycles. The molecule has 1 fully saturated rings. The number of carbonyl (C=O) groups excluding carboxylic acids is 1. The minimum Gasteiger partial charge on any atom is -0.493 e. The third kappa shape index (κ3) is 5.82. The number of nitrogens with zero attached hydrogens (tertiary/aromatic N) is 4. The first-order valence-electron chi connectivity index (χ1n) is 12.3. The number of anilines is 1. The average molecular weight is 482 g/mol. The molecule has 0 atom stereocenters. The van der Waals surface area contributed by atoms with Crippen molar-refractivity contribution in [3.63, 3.8) is 0 Å². The fourth-order valence-corrected chi connectivity index (χ4v) is 4.47. The van der Waals surface area contributed by atoms with Crippen molar-refractivity contribution in [2.75, 3.05) is 38.6 Å². The lowest BCUT2D eigenvalue weighted by molar-refractivity contribution is 0.101.